The Balaban J connectivity index is 2.05. The molecule has 7 nitrogen and oxygen atoms in total. The number of nitrogens with zero attached hydrogens (tertiary/aromatic N) is 2. The van der Waals surface area contributed by atoms with E-state index in [4.69, 9.17) is 10.2 Å². The van der Waals surface area contributed by atoms with E-state index < -0.39 is 5.91 Å². The van der Waals surface area contributed by atoms with Gasteiger partial charge < -0.3 is 15.1 Å². The summed E-state index contributed by atoms with van der Waals surface area (Å²) in [6, 6.07) is 10.8. The Labute approximate surface area is 160 Å². The van der Waals surface area contributed by atoms with E-state index in [2.05, 4.69) is 29.3 Å². The predicted octanol–water partition coefficient (Wildman–Crippen LogP) is 2.69. The first-order chi connectivity index (χ1) is 13.0. The highest BCUT2D eigenvalue weighted by Crippen LogP contribution is 2.22. The first kappa shape index (κ1) is 18.7. The van der Waals surface area contributed by atoms with E-state index in [1.807, 2.05) is 18.2 Å². The molecule has 8 heteroatoms. The van der Waals surface area contributed by atoms with Gasteiger partial charge in [-0.2, -0.15) is 0 Å². The van der Waals surface area contributed by atoms with Gasteiger partial charge in [0.05, 0.1) is 4.88 Å². The van der Waals surface area contributed by atoms with Crippen molar-refractivity contribution in [1.82, 2.24) is 5.43 Å². The van der Waals surface area contributed by atoms with Crippen LogP contribution in [0.4, 0.5) is 5.69 Å². The second kappa shape index (κ2) is 8.05. The van der Waals surface area contributed by atoms with E-state index in [0.717, 1.165) is 24.2 Å². The third kappa shape index (κ3) is 4.01. The molecule has 0 aliphatic heterocycles. The molecular weight excluding hydrogens is 364 g/mol. The van der Waals surface area contributed by atoms with Gasteiger partial charge in [-0.05, 0) is 43.5 Å². The SMILES string of the molecule is CCN(CC)c1ccc2cc(C(N)=O)c(=NNC(=O)c3cccs3)oc2c1. The molecule has 3 aromatic rings. The monoisotopic (exact) mass is 384 g/mol. The minimum Gasteiger partial charge on any atom is -0.436 e. The number of amides is 2. The van der Waals surface area contributed by atoms with E-state index in [1.54, 1.807) is 23.6 Å². The molecule has 2 amide bonds. The van der Waals surface area contributed by atoms with Crippen LogP contribution in [-0.2, 0) is 0 Å². The molecule has 0 bridgehead atoms. The maximum atomic E-state index is 12.1. The van der Waals surface area contributed by atoms with E-state index in [0.29, 0.717) is 10.5 Å². The number of fused-ring (bicyclic) bond motifs is 1. The van der Waals surface area contributed by atoms with Gasteiger partial charge in [0.1, 0.15) is 11.1 Å². The largest absolute Gasteiger partial charge is 0.436 e. The summed E-state index contributed by atoms with van der Waals surface area (Å²) in [5, 5.41) is 6.49. The van der Waals surface area contributed by atoms with Gasteiger partial charge in [-0.1, -0.05) is 6.07 Å². The maximum Gasteiger partial charge on any atom is 0.281 e. The lowest BCUT2D eigenvalue weighted by Gasteiger charge is -2.21. The molecule has 0 saturated heterocycles. The van der Waals surface area contributed by atoms with E-state index >= 15 is 0 Å². The zero-order valence-electron chi connectivity index (χ0n) is 15.1. The van der Waals surface area contributed by atoms with Crippen molar-refractivity contribution in [3.8, 4) is 0 Å². The zero-order chi connectivity index (χ0) is 19.4. The normalized spacial score (nSPS) is 11.6. The van der Waals surface area contributed by atoms with Crippen molar-refractivity contribution >= 4 is 39.8 Å². The number of hydrogen-bond acceptors (Lipinski definition) is 6. The number of thiophene rings is 1. The third-order valence-corrected chi connectivity index (χ3v) is 5.00. The van der Waals surface area contributed by atoms with Gasteiger partial charge in [0.15, 0.2) is 0 Å². The van der Waals surface area contributed by atoms with Crippen molar-refractivity contribution < 1.29 is 14.0 Å². The fourth-order valence-corrected chi connectivity index (χ4v) is 3.33. The number of primary amides is 1. The second-order valence-corrected chi connectivity index (χ2v) is 6.70. The van der Waals surface area contributed by atoms with Crippen LogP contribution in [0.15, 0.2) is 51.3 Å². The fourth-order valence-electron chi connectivity index (χ4n) is 2.72. The Morgan fingerprint density at radius 3 is 2.63 bits per heavy atom. The molecule has 140 valence electrons. The summed E-state index contributed by atoms with van der Waals surface area (Å²) in [6.07, 6.45) is 0. The Hall–Kier alpha value is -3.13. The van der Waals surface area contributed by atoms with Gasteiger partial charge in [-0.25, -0.2) is 5.43 Å². The number of rotatable bonds is 6. The molecule has 0 atom stereocenters. The van der Waals surface area contributed by atoms with Crippen LogP contribution < -0.4 is 21.6 Å². The topological polar surface area (TPSA) is 101 Å². The molecule has 0 unspecified atom stereocenters. The molecule has 27 heavy (non-hydrogen) atoms. The van der Waals surface area contributed by atoms with Crippen LogP contribution in [-0.4, -0.2) is 24.9 Å². The first-order valence-electron chi connectivity index (χ1n) is 8.53. The molecule has 2 heterocycles. The number of carbonyl (C=O) groups is 2. The summed E-state index contributed by atoms with van der Waals surface area (Å²) in [5.74, 6) is -1.06. The van der Waals surface area contributed by atoms with Crippen molar-refractivity contribution in [3.05, 3.63) is 57.8 Å². The van der Waals surface area contributed by atoms with E-state index in [1.165, 1.54) is 11.3 Å². The molecule has 2 aromatic heterocycles. The van der Waals surface area contributed by atoms with Crippen molar-refractivity contribution in [2.45, 2.75) is 13.8 Å². The lowest BCUT2D eigenvalue weighted by atomic mass is 10.1. The fraction of sp³-hybridized carbons (Fsp3) is 0.211. The maximum absolute atomic E-state index is 12.1. The Morgan fingerprint density at radius 2 is 2.00 bits per heavy atom. The third-order valence-electron chi connectivity index (χ3n) is 4.13. The smallest absolute Gasteiger partial charge is 0.281 e. The van der Waals surface area contributed by atoms with Crippen molar-refractivity contribution in [2.75, 3.05) is 18.0 Å². The molecule has 0 saturated carbocycles. The number of benzene rings is 1. The highest BCUT2D eigenvalue weighted by molar-refractivity contribution is 7.12. The lowest BCUT2D eigenvalue weighted by molar-refractivity contribution is 0.0950. The molecule has 3 rings (SSSR count). The first-order valence-corrected chi connectivity index (χ1v) is 9.41. The summed E-state index contributed by atoms with van der Waals surface area (Å²) in [4.78, 5) is 26.6. The summed E-state index contributed by atoms with van der Waals surface area (Å²) in [6.45, 7) is 5.86. The highest BCUT2D eigenvalue weighted by Gasteiger charge is 2.12. The van der Waals surface area contributed by atoms with E-state index in [9.17, 15) is 9.59 Å². The van der Waals surface area contributed by atoms with Crippen LogP contribution in [0.1, 0.15) is 33.9 Å². The van der Waals surface area contributed by atoms with E-state index in [-0.39, 0.29) is 17.0 Å². The lowest BCUT2D eigenvalue weighted by Crippen LogP contribution is -2.26. The number of nitrogens with two attached hydrogens (primary N) is 1. The number of anilines is 1. The summed E-state index contributed by atoms with van der Waals surface area (Å²) < 4.78 is 5.80. The quantitative estimate of drug-likeness (QED) is 0.638. The Kier molecular flexibility index (Phi) is 5.56. The second-order valence-electron chi connectivity index (χ2n) is 5.75. The summed E-state index contributed by atoms with van der Waals surface area (Å²) in [5.41, 5.74) is 9.47. The van der Waals surface area contributed by atoms with Gasteiger partial charge in [-0.3, -0.25) is 9.59 Å². The van der Waals surface area contributed by atoms with Gasteiger partial charge >= 0.3 is 0 Å². The van der Waals surface area contributed by atoms with Gasteiger partial charge in [-0.15, -0.1) is 16.4 Å². The van der Waals surface area contributed by atoms with Gasteiger partial charge in [0.2, 0.25) is 5.55 Å². The molecule has 3 N–H and O–H groups in total. The standard InChI is InChI=1S/C19H20N4O3S/c1-3-23(4-2)13-8-7-12-10-14(17(20)24)19(26-15(12)11-13)22-21-18(25)16-6-5-9-27-16/h5-11H,3-4H2,1-2H3,(H2,20,24)(H,21,25). The Bertz CT molecular complexity index is 1040. The zero-order valence-corrected chi connectivity index (χ0v) is 15.9. The van der Waals surface area contributed by atoms with Gasteiger partial charge in [0.25, 0.3) is 11.8 Å². The van der Waals surface area contributed by atoms with Gasteiger partial charge in [0, 0.05) is 30.2 Å². The summed E-state index contributed by atoms with van der Waals surface area (Å²) in [7, 11) is 0. The number of nitrogens with one attached hydrogen (secondary N) is 1. The van der Waals surface area contributed by atoms with Crippen LogP contribution in [0.2, 0.25) is 0 Å². The summed E-state index contributed by atoms with van der Waals surface area (Å²) >= 11 is 1.29. The van der Waals surface area contributed by atoms with Crippen LogP contribution in [0.25, 0.3) is 11.0 Å². The number of carbonyl (C=O) groups excluding carboxylic acids is 2. The molecule has 0 aliphatic carbocycles. The molecule has 1 aromatic carbocycles. The van der Waals surface area contributed by atoms with Crippen LogP contribution in [0, 0.1) is 0 Å². The molecule has 0 radical (unpaired) electrons. The Morgan fingerprint density at radius 1 is 1.22 bits per heavy atom. The predicted molar refractivity (Wildman–Crippen MR) is 106 cm³/mol. The van der Waals surface area contributed by atoms with Crippen molar-refractivity contribution in [3.63, 3.8) is 0 Å². The molecule has 0 aliphatic rings. The average molecular weight is 384 g/mol. The average Bonchev–Trinajstić information content (AvgIpc) is 3.21. The molecule has 0 spiro atoms. The molecular formula is C19H20N4O3S. The minimum atomic E-state index is -0.683. The van der Waals surface area contributed by atoms with Crippen LogP contribution >= 0.6 is 11.3 Å². The number of hydrogen-bond donors (Lipinski definition) is 2. The minimum absolute atomic E-state index is 0.0309. The molecule has 0 fully saturated rings. The van der Waals surface area contributed by atoms with Crippen molar-refractivity contribution in [2.24, 2.45) is 10.8 Å². The highest BCUT2D eigenvalue weighted by atomic mass is 32.1. The van der Waals surface area contributed by atoms with Crippen LogP contribution in [0.5, 0.6) is 0 Å². The van der Waals surface area contributed by atoms with Crippen molar-refractivity contribution in [1.29, 1.82) is 0 Å². The van der Waals surface area contributed by atoms with Crippen LogP contribution in [0.3, 0.4) is 0 Å².